The normalized spacial score (nSPS) is 16.4. The van der Waals surface area contributed by atoms with E-state index in [0.29, 0.717) is 7.25 Å². The second kappa shape index (κ2) is 23.6. The van der Waals surface area contributed by atoms with Gasteiger partial charge in [-0.3, -0.25) is 0 Å². The maximum atomic E-state index is 6.23. The molecule has 0 nitrogen and oxygen atoms in total. The van der Waals surface area contributed by atoms with Crippen LogP contribution in [0.2, 0.25) is 20.3 Å². The van der Waals surface area contributed by atoms with Crippen molar-refractivity contribution in [1.82, 2.24) is 0 Å². The van der Waals surface area contributed by atoms with E-state index in [9.17, 15) is 0 Å². The van der Waals surface area contributed by atoms with E-state index in [1.165, 1.54) is 93.0 Å². The van der Waals surface area contributed by atoms with E-state index in [4.69, 9.17) is 66.5 Å². The summed E-state index contributed by atoms with van der Waals surface area (Å²) in [6.45, 7) is 7.57. The molecule has 2 unspecified atom stereocenters. The van der Waals surface area contributed by atoms with Gasteiger partial charge in [0, 0.05) is 0 Å². The van der Waals surface area contributed by atoms with E-state index < -0.39 is 29.4 Å². The Hall–Kier alpha value is 0.214. The summed E-state index contributed by atoms with van der Waals surface area (Å²) in [4.78, 5) is 0. The zero-order valence-corrected chi connectivity index (χ0v) is 47.2. The van der Waals surface area contributed by atoms with Crippen molar-refractivity contribution in [3.63, 3.8) is 0 Å². The van der Waals surface area contributed by atoms with E-state index in [2.05, 4.69) is 130 Å². The standard InChI is InChI=1S/2C16H13.2C8H16Cl3Si.2ClH.H2Si.Zr/c2*1-12-10-14-8-5-9-15(16(14)11-12)13-6-3-2-4-7-13;2*1-2-3-4-5-6-7-8-12(9,10)11;;;;/h2*2-11H,1H3;2*1-8H2;2*1H;1H2;. The van der Waals surface area contributed by atoms with Crippen molar-refractivity contribution in [1.29, 1.82) is 0 Å². The molecule has 326 valence electrons. The van der Waals surface area contributed by atoms with E-state index in [1.807, 2.05) is 0 Å². The number of fused-ring (bicyclic) bond motifs is 2. The summed E-state index contributed by atoms with van der Waals surface area (Å²) in [5.74, 6) is 0. The van der Waals surface area contributed by atoms with Crippen molar-refractivity contribution in [2.45, 2.75) is 118 Å². The molecule has 2 aliphatic rings. The first-order chi connectivity index (χ1) is 27.7. The molecule has 0 aromatic heterocycles. The molecule has 0 saturated heterocycles. The molecular weight excluding hydrogens is 1040 g/mol. The van der Waals surface area contributed by atoms with Gasteiger partial charge >= 0.3 is 386 Å². The molecule has 2 atom stereocenters. The molecular formula is C48H62Cl8Si3Zr. The number of unbranched alkanes of at least 4 members (excludes halogenated alkanes) is 10. The molecule has 12 heteroatoms. The number of hydrogen-bond donors (Lipinski definition) is 0. The quantitative estimate of drug-likeness (QED) is 0.0418. The minimum Gasteiger partial charge on any atom is -0.147 e. The molecule has 0 bridgehead atoms. The molecule has 0 N–H and O–H groups in total. The average Bonchev–Trinajstić information content (AvgIpc) is 3.73. The number of allylic oxidation sites excluding steroid dienone is 2. The Bertz CT molecular complexity index is 1980. The van der Waals surface area contributed by atoms with Crippen LogP contribution in [-0.2, 0) is 17.4 Å². The Morgan fingerprint density at radius 1 is 0.450 bits per heavy atom. The van der Waals surface area contributed by atoms with Crippen LogP contribution in [0.25, 0.3) is 34.4 Å². The summed E-state index contributed by atoms with van der Waals surface area (Å²) in [6, 6.07) is 32.9. The molecule has 0 spiro atoms. The molecule has 0 saturated carbocycles. The molecule has 4 aromatic carbocycles. The fourth-order valence-corrected chi connectivity index (χ4v) is 45.9. The van der Waals surface area contributed by atoms with E-state index in [0.717, 1.165) is 37.8 Å². The van der Waals surface area contributed by atoms with Crippen LogP contribution < -0.4 is 0 Å². The van der Waals surface area contributed by atoms with E-state index >= 15 is 0 Å². The predicted molar refractivity (Wildman–Crippen MR) is 281 cm³/mol. The third-order valence-electron chi connectivity index (χ3n) is 13.3. The molecule has 2 aliphatic carbocycles. The molecule has 4 aromatic rings. The Morgan fingerprint density at radius 2 is 0.783 bits per heavy atom. The van der Waals surface area contributed by atoms with E-state index in [-0.39, 0.29) is 24.8 Å². The van der Waals surface area contributed by atoms with Crippen LogP contribution in [0.1, 0.15) is 120 Å². The van der Waals surface area contributed by atoms with Crippen LogP contribution in [0.3, 0.4) is 0 Å². The number of halogens is 8. The Morgan fingerprint density at radius 3 is 1.13 bits per heavy atom. The smallest absolute Gasteiger partial charge is 0.147 e. The van der Waals surface area contributed by atoms with Crippen molar-refractivity contribution < 1.29 is 17.4 Å². The second-order valence-electron chi connectivity index (χ2n) is 17.6. The largest absolute Gasteiger partial charge is 0.147 e. The van der Waals surface area contributed by atoms with Gasteiger partial charge in [-0.05, 0) is 0 Å². The van der Waals surface area contributed by atoms with Gasteiger partial charge in [-0.2, -0.15) is 0 Å². The monoisotopic (exact) mass is 1090 g/mol. The first-order valence-corrected chi connectivity index (χ1v) is 44.3. The Kier molecular flexibility index (Phi) is 20.8. The van der Waals surface area contributed by atoms with Gasteiger partial charge < -0.3 is 0 Å². The van der Waals surface area contributed by atoms with Gasteiger partial charge in [0.05, 0.1) is 0 Å². The van der Waals surface area contributed by atoms with Gasteiger partial charge in [-0.1, -0.05) is 0 Å². The van der Waals surface area contributed by atoms with Crippen LogP contribution in [0.5, 0.6) is 0 Å². The summed E-state index contributed by atoms with van der Waals surface area (Å²) in [6.07, 6.45) is 19.5. The second-order valence-corrected chi connectivity index (χ2v) is 62.7. The first-order valence-electron chi connectivity index (χ1n) is 21.6. The summed E-state index contributed by atoms with van der Waals surface area (Å²) in [7, 11) is 0. The minimum absolute atomic E-state index is 0. The zero-order valence-electron chi connectivity index (χ0n) is 35.2. The van der Waals surface area contributed by atoms with Crippen LogP contribution in [0.4, 0.5) is 0 Å². The third-order valence-corrected chi connectivity index (χ3v) is 47.1. The van der Waals surface area contributed by atoms with Crippen molar-refractivity contribution >= 4 is 122 Å². The summed E-state index contributed by atoms with van der Waals surface area (Å²) < 4.78 is 3.71. The Balaban J connectivity index is 0.00000397. The van der Waals surface area contributed by atoms with Crippen molar-refractivity contribution in [2.24, 2.45) is 0 Å². The molecule has 0 fully saturated rings. The molecule has 0 amide bonds. The molecule has 0 heterocycles. The van der Waals surface area contributed by atoms with Crippen LogP contribution in [0, 0.1) is 0 Å². The Labute approximate surface area is 406 Å². The first kappa shape index (κ1) is 52.8. The topological polar surface area (TPSA) is 0 Å². The fourth-order valence-electron chi connectivity index (χ4n) is 11.0. The average molecular weight is 1100 g/mol. The molecule has 60 heavy (non-hydrogen) atoms. The van der Waals surface area contributed by atoms with Crippen LogP contribution in [-0.4, -0.2) is 18.9 Å². The number of rotatable bonds is 22. The van der Waals surface area contributed by atoms with Gasteiger partial charge in [-0.25, -0.2) is 0 Å². The van der Waals surface area contributed by atoms with Crippen molar-refractivity contribution in [3.8, 4) is 22.3 Å². The minimum atomic E-state index is -4.10. The van der Waals surface area contributed by atoms with Crippen molar-refractivity contribution in [3.05, 3.63) is 130 Å². The molecule has 6 rings (SSSR count). The van der Waals surface area contributed by atoms with Gasteiger partial charge in [0.1, 0.15) is 0 Å². The predicted octanol–water partition coefficient (Wildman–Crippen LogP) is 18.5. The molecule has 0 aliphatic heterocycles. The van der Waals surface area contributed by atoms with Gasteiger partial charge in [-0.15, -0.1) is 24.8 Å². The number of hydrogen-bond acceptors (Lipinski definition) is 0. The summed E-state index contributed by atoms with van der Waals surface area (Å²) >= 11 is 33.2. The summed E-state index contributed by atoms with van der Waals surface area (Å²) in [5.41, 5.74) is 14.6. The maximum Gasteiger partial charge on any atom is -0.147 e. The van der Waals surface area contributed by atoms with Gasteiger partial charge in [0.25, 0.3) is 0 Å². The third kappa shape index (κ3) is 13.2. The molecule has 0 radical (unpaired) electrons. The van der Waals surface area contributed by atoms with E-state index in [1.54, 1.807) is 22.3 Å². The van der Waals surface area contributed by atoms with Gasteiger partial charge in [0.15, 0.2) is 0 Å². The zero-order chi connectivity index (χ0) is 41.4. The maximum absolute atomic E-state index is 6.23. The SMILES string of the molecule is CC1=Cc2c(-c3ccccc3)cccc2[CH]1[Zr](=[SiH2])([CH2]CCCCCCC[Si](Cl)(Cl)Cl)([CH2]CCCCCCC[Si](Cl)(Cl)Cl)[CH]1C(C)=Cc2c(-c3ccccc3)cccc21.Cl.Cl. The van der Waals surface area contributed by atoms with Gasteiger partial charge in [0.2, 0.25) is 0 Å². The fraction of sp³-hybridized carbons (Fsp3) is 0.417. The van der Waals surface area contributed by atoms with Crippen LogP contribution >= 0.6 is 91.3 Å². The van der Waals surface area contributed by atoms with Crippen molar-refractivity contribution in [2.75, 3.05) is 0 Å². The summed E-state index contributed by atoms with van der Waals surface area (Å²) in [5, 5.41) is 0. The van der Waals surface area contributed by atoms with Crippen LogP contribution in [0.15, 0.2) is 108 Å². The number of benzene rings is 4.